The molecule has 1 amide bonds. The molecule has 0 saturated heterocycles. The molecule has 4 heteroatoms. The first kappa shape index (κ1) is 9.85. The van der Waals surface area contributed by atoms with Crippen LogP contribution in [0.4, 0.5) is 4.79 Å². The molecule has 72 valence electrons. The van der Waals surface area contributed by atoms with Gasteiger partial charge in [-0.3, -0.25) is 0 Å². The van der Waals surface area contributed by atoms with E-state index in [1.807, 2.05) is 0 Å². The highest BCUT2D eigenvalue weighted by Crippen LogP contribution is 2.26. The lowest BCUT2D eigenvalue weighted by atomic mass is 9.86. The Balaban J connectivity index is 2.41. The summed E-state index contributed by atoms with van der Waals surface area (Å²) in [4.78, 5) is 12.0. The minimum absolute atomic E-state index is 0.113. The Morgan fingerprint density at radius 2 is 2.00 bits per heavy atom. The van der Waals surface area contributed by atoms with E-state index in [-0.39, 0.29) is 12.0 Å². The molecule has 1 rings (SSSR count). The Hall–Kier alpha value is -1.24. The fourth-order valence-electron chi connectivity index (χ4n) is 1.75. The van der Waals surface area contributed by atoms with Gasteiger partial charge in [0.15, 0.2) is 0 Å². The lowest BCUT2D eigenvalue weighted by Crippen LogP contribution is -2.38. The number of nitrogens with zero attached hydrogens (tertiary/aromatic N) is 2. The van der Waals surface area contributed by atoms with Gasteiger partial charge in [0, 0.05) is 19.0 Å². The molecule has 0 aromatic carbocycles. The average molecular weight is 182 g/mol. The molecule has 0 aromatic rings. The summed E-state index contributed by atoms with van der Waals surface area (Å²) in [5.74, 6) is 0.137. The summed E-state index contributed by atoms with van der Waals surface area (Å²) < 4.78 is 0. The number of nitriles is 1. The Kier molecular flexibility index (Phi) is 3.13. The molecule has 0 atom stereocenters. The normalized spacial score (nSPS) is 27.7. The predicted octanol–water partition coefficient (Wildman–Crippen LogP) is 1.68. The van der Waals surface area contributed by atoms with Gasteiger partial charge in [-0.05, 0) is 25.7 Å². The summed E-state index contributed by atoms with van der Waals surface area (Å²) >= 11 is 0. The smallest absolute Gasteiger partial charge is 0.407 e. The van der Waals surface area contributed by atoms with E-state index in [0.29, 0.717) is 0 Å². The van der Waals surface area contributed by atoms with Gasteiger partial charge in [0.1, 0.15) is 0 Å². The number of carbonyl (C=O) groups is 1. The maximum absolute atomic E-state index is 10.6. The van der Waals surface area contributed by atoms with E-state index < -0.39 is 6.09 Å². The van der Waals surface area contributed by atoms with Crippen molar-refractivity contribution >= 4 is 6.09 Å². The quantitative estimate of drug-likeness (QED) is 0.671. The van der Waals surface area contributed by atoms with Crippen LogP contribution in [0.3, 0.4) is 0 Å². The molecule has 0 aliphatic heterocycles. The van der Waals surface area contributed by atoms with E-state index in [2.05, 4.69) is 6.07 Å². The second-order valence-corrected chi connectivity index (χ2v) is 3.53. The van der Waals surface area contributed by atoms with Crippen molar-refractivity contribution in [3.05, 3.63) is 0 Å². The fourth-order valence-corrected chi connectivity index (χ4v) is 1.75. The third kappa shape index (κ3) is 2.35. The summed E-state index contributed by atoms with van der Waals surface area (Å²) in [7, 11) is 1.60. The number of hydrogen-bond donors (Lipinski definition) is 1. The van der Waals surface area contributed by atoms with E-state index in [1.54, 1.807) is 7.05 Å². The van der Waals surface area contributed by atoms with Crippen LogP contribution in [-0.4, -0.2) is 29.2 Å². The first-order valence-electron chi connectivity index (χ1n) is 4.50. The Labute approximate surface area is 77.8 Å². The number of carboxylic acid groups (broad SMARTS) is 1. The van der Waals surface area contributed by atoms with Crippen molar-refractivity contribution in [1.29, 1.82) is 5.26 Å². The van der Waals surface area contributed by atoms with Crippen molar-refractivity contribution in [2.45, 2.75) is 31.7 Å². The van der Waals surface area contributed by atoms with Crippen LogP contribution >= 0.6 is 0 Å². The highest BCUT2D eigenvalue weighted by molar-refractivity contribution is 5.64. The molecule has 1 aliphatic carbocycles. The first-order chi connectivity index (χ1) is 6.15. The Bertz CT molecular complexity index is 226. The molecule has 0 unspecified atom stereocenters. The third-order valence-corrected chi connectivity index (χ3v) is 2.73. The summed E-state index contributed by atoms with van der Waals surface area (Å²) in [6.45, 7) is 0. The van der Waals surface area contributed by atoms with E-state index in [4.69, 9.17) is 10.4 Å². The summed E-state index contributed by atoms with van der Waals surface area (Å²) in [6, 6.07) is 2.34. The molecule has 1 fully saturated rings. The molecule has 1 aliphatic rings. The summed E-state index contributed by atoms with van der Waals surface area (Å²) in [5.41, 5.74) is 0. The molecule has 4 nitrogen and oxygen atoms in total. The minimum Gasteiger partial charge on any atom is -0.465 e. The van der Waals surface area contributed by atoms with E-state index >= 15 is 0 Å². The van der Waals surface area contributed by atoms with E-state index in [1.165, 1.54) is 4.90 Å². The molecule has 1 saturated carbocycles. The molecular weight excluding hydrogens is 168 g/mol. The Morgan fingerprint density at radius 1 is 1.46 bits per heavy atom. The zero-order valence-corrected chi connectivity index (χ0v) is 7.73. The monoisotopic (exact) mass is 182 g/mol. The number of rotatable bonds is 1. The maximum Gasteiger partial charge on any atom is 0.407 e. The van der Waals surface area contributed by atoms with Crippen LogP contribution in [0, 0.1) is 17.2 Å². The largest absolute Gasteiger partial charge is 0.465 e. The topological polar surface area (TPSA) is 64.3 Å². The second-order valence-electron chi connectivity index (χ2n) is 3.53. The van der Waals surface area contributed by atoms with Crippen molar-refractivity contribution in [3.8, 4) is 6.07 Å². The minimum atomic E-state index is -0.875. The second kappa shape index (κ2) is 4.13. The van der Waals surface area contributed by atoms with Gasteiger partial charge >= 0.3 is 6.09 Å². The highest BCUT2D eigenvalue weighted by Gasteiger charge is 2.25. The molecule has 0 aromatic heterocycles. The third-order valence-electron chi connectivity index (χ3n) is 2.73. The SMILES string of the molecule is CN(C(=O)O)[C@H]1CC[C@H](C#N)CC1. The molecular formula is C9H14N2O2. The van der Waals surface area contributed by atoms with Gasteiger partial charge in [-0.2, -0.15) is 5.26 Å². The van der Waals surface area contributed by atoms with E-state index in [9.17, 15) is 4.79 Å². The maximum atomic E-state index is 10.6. The van der Waals surface area contributed by atoms with Gasteiger partial charge in [0.25, 0.3) is 0 Å². The van der Waals surface area contributed by atoms with Gasteiger partial charge in [-0.1, -0.05) is 0 Å². The van der Waals surface area contributed by atoms with Gasteiger partial charge in [0.05, 0.1) is 6.07 Å². The standard InChI is InChI=1S/C9H14N2O2/c1-11(9(12)13)8-4-2-7(6-10)3-5-8/h7-8H,2-5H2,1H3,(H,12,13)/t7-,8-. The number of hydrogen-bond acceptors (Lipinski definition) is 2. The van der Waals surface area contributed by atoms with Crippen molar-refractivity contribution in [3.63, 3.8) is 0 Å². The van der Waals surface area contributed by atoms with Crippen LogP contribution in [0.2, 0.25) is 0 Å². The highest BCUT2D eigenvalue weighted by atomic mass is 16.4. The van der Waals surface area contributed by atoms with Gasteiger partial charge < -0.3 is 10.0 Å². The lowest BCUT2D eigenvalue weighted by Gasteiger charge is -2.30. The van der Waals surface area contributed by atoms with Crippen molar-refractivity contribution in [2.75, 3.05) is 7.05 Å². The molecule has 0 heterocycles. The molecule has 0 radical (unpaired) electrons. The molecule has 0 spiro atoms. The predicted molar refractivity (Wildman–Crippen MR) is 47.1 cm³/mol. The van der Waals surface area contributed by atoms with Crippen molar-refractivity contribution < 1.29 is 9.90 Å². The van der Waals surface area contributed by atoms with Crippen molar-refractivity contribution in [1.82, 2.24) is 4.90 Å². The Morgan fingerprint density at radius 3 is 2.38 bits per heavy atom. The molecule has 0 bridgehead atoms. The first-order valence-corrected chi connectivity index (χ1v) is 4.50. The van der Waals surface area contributed by atoms with Gasteiger partial charge in [-0.25, -0.2) is 4.79 Å². The zero-order valence-electron chi connectivity index (χ0n) is 7.73. The van der Waals surface area contributed by atoms with Crippen LogP contribution in [0.5, 0.6) is 0 Å². The van der Waals surface area contributed by atoms with Crippen LogP contribution in [0.15, 0.2) is 0 Å². The van der Waals surface area contributed by atoms with E-state index in [0.717, 1.165) is 25.7 Å². The number of amides is 1. The zero-order chi connectivity index (χ0) is 9.84. The van der Waals surface area contributed by atoms with Crippen molar-refractivity contribution in [2.24, 2.45) is 5.92 Å². The molecule has 1 N–H and O–H groups in total. The van der Waals surface area contributed by atoms with Crippen LogP contribution < -0.4 is 0 Å². The van der Waals surface area contributed by atoms with Crippen LogP contribution in [0.25, 0.3) is 0 Å². The lowest BCUT2D eigenvalue weighted by molar-refractivity contribution is 0.123. The fraction of sp³-hybridized carbons (Fsp3) is 0.778. The van der Waals surface area contributed by atoms with Crippen LogP contribution in [0.1, 0.15) is 25.7 Å². The summed E-state index contributed by atoms with van der Waals surface area (Å²) in [6.07, 6.45) is 2.43. The average Bonchev–Trinajstić information content (AvgIpc) is 2.17. The summed E-state index contributed by atoms with van der Waals surface area (Å²) in [5, 5.41) is 17.4. The van der Waals surface area contributed by atoms with Gasteiger partial charge in [0.2, 0.25) is 0 Å². The van der Waals surface area contributed by atoms with Crippen LogP contribution in [-0.2, 0) is 0 Å². The molecule has 13 heavy (non-hydrogen) atoms. The van der Waals surface area contributed by atoms with Gasteiger partial charge in [-0.15, -0.1) is 0 Å².